The van der Waals surface area contributed by atoms with Gasteiger partial charge in [-0.05, 0) is 37.8 Å². The summed E-state index contributed by atoms with van der Waals surface area (Å²) < 4.78 is 30.7. The van der Waals surface area contributed by atoms with Crippen molar-refractivity contribution in [3.63, 3.8) is 0 Å². The fourth-order valence-electron chi connectivity index (χ4n) is 2.93. The molecule has 0 bridgehead atoms. The number of amides is 1. The molecule has 1 aliphatic heterocycles. The van der Waals surface area contributed by atoms with Crippen molar-refractivity contribution in [2.24, 2.45) is 5.92 Å². The van der Waals surface area contributed by atoms with Crippen LogP contribution in [0.1, 0.15) is 37.0 Å². The van der Waals surface area contributed by atoms with Gasteiger partial charge in [-0.2, -0.15) is 0 Å². The minimum absolute atomic E-state index is 0.125. The van der Waals surface area contributed by atoms with Gasteiger partial charge < -0.3 is 9.64 Å². The SMILES string of the molecule is CCOC(=O)c1ccccc1N(CC(=O)N1CCC(C)CC1)S(C)(=O)=O. The van der Waals surface area contributed by atoms with Crippen molar-refractivity contribution in [2.75, 3.05) is 36.8 Å². The lowest BCUT2D eigenvalue weighted by molar-refractivity contribution is -0.130. The number of rotatable bonds is 6. The van der Waals surface area contributed by atoms with Crippen molar-refractivity contribution in [1.82, 2.24) is 4.90 Å². The van der Waals surface area contributed by atoms with E-state index in [0.717, 1.165) is 23.4 Å². The first-order valence-electron chi connectivity index (χ1n) is 8.75. The Balaban J connectivity index is 2.29. The van der Waals surface area contributed by atoms with E-state index in [-0.39, 0.29) is 30.3 Å². The monoisotopic (exact) mass is 382 g/mol. The van der Waals surface area contributed by atoms with E-state index in [2.05, 4.69) is 6.92 Å². The number of benzene rings is 1. The number of carbonyl (C=O) groups excluding carboxylic acids is 2. The Morgan fingerprint density at radius 3 is 2.42 bits per heavy atom. The van der Waals surface area contributed by atoms with Crippen LogP contribution in [0.15, 0.2) is 24.3 Å². The maximum Gasteiger partial charge on any atom is 0.340 e. The minimum atomic E-state index is -3.76. The molecule has 7 nitrogen and oxygen atoms in total. The number of sulfonamides is 1. The number of piperidine rings is 1. The van der Waals surface area contributed by atoms with Gasteiger partial charge in [-0.25, -0.2) is 13.2 Å². The van der Waals surface area contributed by atoms with E-state index in [0.29, 0.717) is 19.0 Å². The first-order chi connectivity index (χ1) is 12.2. The first kappa shape index (κ1) is 20.2. The summed E-state index contributed by atoms with van der Waals surface area (Å²) in [6.45, 7) is 4.91. The van der Waals surface area contributed by atoms with Crippen LogP contribution in [0.25, 0.3) is 0 Å². The van der Waals surface area contributed by atoms with Gasteiger partial charge >= 0.3 is 5.97 Å². The summed E-state index contributed by atoms with van der Waals surface area (Å²) in [5.41, 5.74) is 0.284. The largest absolute Gasteiger partial charge is 0.462 e. The van der Waals surface area contributed by atoms with Crippen molar-refractivity contribution in [3.05, 3.63) is 29.8 Å². The standard InChI is InChI=1S/C18H26N2O5S/c1-4-25-18(22)15-7-5-6-8-16(15)20(26(3,23)24)13-17(21)19-11-9-14(2)10-12-19/h5-8,14H,4,9-13H2,1-3H3. The second kappa shape index (κ2) is 8.53. The van der Waals surface area contributed by atoms with Crippen LogP contribution >= 0.6 is 0 Å². The van der Waals surface area contributed by atoms with Gasteiger partial charge in [0.15, 0.2) is 0 Å². The zero-order chi connectivity index (χ0) is 19.3. The zero-order valence-electron chi connectivity index (χ0n) is 15.5. The lowest BCUT2D eigenvalue weighted by Crippen LogP contribution is -2.45. The zero-order valence-corrected chi connectivity index (χ0v) is 16.3. The number of nitrogens with zero attached hydrogens (tertiary/aromatic N) is 2. The van der Waals surface area contributed by atoms with Gasteiger partial charge in [0.1, 0.15) is 6.54 Å². The predicted molar refractivity (Wildman–Crippen MR) is 99.6 cm³/mol. The molecule has 8 heteroatoms. The molecular formula is C18H26N2O5S. The summed E-state index contributed by atoms with van der Waals surface area (Å²) in [4.78, 5) is 26.5. The van der Waals surface area contributed by atoms with Crippen LogP contribution in [0.2, 0.25) is 0 Å². The van der Waals surface area contributed by atoms with Gasteiger partial charge in [-0.1, -0.05) is 19.1 Å². The molecule has 0 saturated carbocycles. The third-order valence-corrected chi connectivity index (χ3v) is 5.61. The van der Waals surface area contributed by atoms with Gasteiger partial charge in [0, 0.05) is 13.1 Å². The number of esters is 1. The van der Waals surface area contributed by atoms with Crippen LogP contribution in [0.4, 0.5) is 5.69 Å². The molecule has 0 aromatic heterocycles. The molecular weight excluding hydrogens is 356 g/mol. The first-order valence-corrected chi connectivity index (χ1v) is 10.6. The fraction of sp³-hybridized carbons (Fsp3) is 0.556. The van der Waals surface area contributed by atoms with Crippen molar-refractivity contribution in [1.29, 1.82) is 0 Å². The second-order valence-corrected chi connectivity index (χ2v) is 8.48. The third kappa shape index (κ3) is 4.97. The summed E-state index contributed by atoms with van der Waals surface area (Å²) in [6, 6.07) is 6.27. The van der Waals surface area contributed by atoms with Gasteiger partial charge in [-0.3, -0.25) is 9.10 Å². The molecule has 1 fully saturated rings. The summed E-state index contributed by atoms with van der Waals surface area (Å²) in [5.74, 6) is -0.313. The lowest BCUT2D eigenvalue weighted by Gasteiger charge is -2.32. The lowest BCUT2D eigenvalue weighted by atomic mass is 9.99. The molecule has 0 aliphatic carbocycles. The third-order valence-electron chi connectivity index (χ3n) is 4.48. The Morgan fingerprint density at radius 2 is 1.85 bits per heavy atom. The Bertz CT molecular complexity index is 755. The van der Waals surface area contributed by atoms with Gasteiger partial charge in [0.2, 0.25) is 15.9 Å². The van der Waals surface area contributed by atoms with E-state index in [1.165, 1.54) is 12.1 Å². The van der Waals surface area contributed by atoms with Crippen LogP contribution < -0.4 is 4.31 Å². The molecule has 2 rings (SSSR count). The Morgan fingerprint density at radius 1 is 1.23 bits per heavy atom. The Kier molecular flexibility index (Phi) is 6.63. The Hall–Kier alpha value is -2.09. The van der Waals surface area contributed by atoms with Crippen molar-refractivity contribution < 1.29 is 22.7 Å². The van der Waals surface area contributed by atoms with E-state index in [1.54, 1.807) is 24.0 Å². The number of ether oxygens (including phenoxy) is 1. The quantitative estimate of drug-likeness (QED) is 0.702. The van der Waals surface area contributed by atoms with E-state index in [9.17, 15) is 18.0 Å². The summed E-state index contributed by atoms with van der Waals surface area (Å²) in [5, 5.41) is 0. The second-order valence-electron chi connectivity index (χ2n) is 6.57. The number of hydrogen-bond donors (Lipinski definition) is 0. The normalized spacial score (nSPS) is 15.6. The van der Waals surface area contributed by atoms with E-state index >= 15 is 0 Å². The summed E-state index contributed by atoms with van der Waals surface area (Å²) in [7, 11) is -3.76. The molecule has 0 spiro atoms. The van der Waals surface area contributed by atoms with E-state index in [4.69, 9.17) is 4.74 Å². The molecule has 0 radical (unpaired) electrons. The molecule has 1 aromatic carbocycles. The smallest absolute Gasteiger partial charge is 0.340 e. The highest BCUT2D eigenvalue weighted by Crippen LogP contribution is 2.24. The number of anilines is 1. The predicted octanol–water partition coefficient (Wildman–Crippen LogP) is 1.89. The average Bonchev–Trinajstić information content (AvgIpc) is 2.59. The van der Waals surface area contributed by atoms with Crippen LogP contribution in [0.3, 0.4) is 0 Å². The van der Waals surface area contributed by atoms with Crippen LogP contribution in [-0.2, 0) is 19.6 Å². The molecule has 0 unspecified atom stereocenters. The highest BCUT2D eigenvalue weighted by Gasteiger charge is 2.29. The van der Waals surface area contributed by atoms with Crippen LogP contribution in [0.5, 0.6) is 0 Å². The molecule has 1 amide bonds. The average molecular weight is 382 g/mol. The van der Waals surface area contributed by atoms with E-state index < -0.39 is 16.0 Å². The highest BCUT2D eigenvalue weighted by atomic mass is 32.2. The van der Waals surface area contributed by atoms with Gasteiger partial charge in [0.25, 0.3) is 0 Å². The maximum absolute atomic E-state index is 12.6. The summed E-state index contributed by atoms with van der Waals surface area (Å²) in [6.07, 6.45) is 2.84. The molecule has 1 aliphatic rings. The van der Waals surface area contributed by atoms with Crippen molar-refractivity contribution in [2.45, 2.75) is 26.7 Å². The van der Waals surface area contributed by atoms with Crippen LogP contribution in [-0.4, -0.2) is 57.7 Å². The number of likely N-dealkylation sites (tertiary alicyclic amines) is 1. The number of carbonyl (C=O) groups is 2. The van der Waals surface area contributed by atoms with Crippen molar-refractivity contribution >= 4 is 27.6 Å². The van der Waals surface area contributed by atoms with Crippen molar-refractivity contribution in [3.8, 4) is 0 Å². The minimum Gasteiger partial charge on any atom is -0.462 e. The fourth-order valence-corrected chi connectivity index (χ4v) is 3.80. The number of hydrogen-bond acceptors (Lipinski definition) is 5. The van der Waals surface area contributed by atoms with Gasteiger partial charge in [0.05, 0.1) is 24.1 Å². The molecule has 144 valence electrons. The number of para-hydroxylation sites is 1. The Labute approximate surface area is 155 Å². The molecule has 0 N–H and O–H groups in total. The van der Waals surface area contributed by atoms with Gasteiger partial charge in [-0.15, -0.1) is 0 Å². The summed E-state index contributed by atoms with van der Waals surface area (Å²) >= 11 is 0. The molecule has 1 aromatic rings. The molecule has 1 saturated heterocycles. The molecule has 26 heavy (non-hydrogen) atoms. The van der Waals surface area contributed by atoms with E-state index in [1.807, 2.05) is 0 Å². The topological polar surface area (TPSA) is 84.0 Å². The molecule has 1 heterocycles. The molecule has 0 atom stereocenters. The highest BCUT2D eigenvalue weighted by molar-refractivity contribution is 7.92. The maximum atomic E-state index is 12.6. The van der Waals surface area contributed by atoms with Crippen LogP contribution in [0, 0.1) is 5.92 Å².